The lowest BCUT2D eigenvalue weighted by molar-refractivity contribution is -0.139. The zero-order chi connectivity index (χ0) is 17.5. The average Bonchev–Trinajstić information content (AvgIpc) is 2.61. The van der Waals surface area contributed by atoms with E-state index < -0.39 is 12.0 Å². The maximum Gasteiger partial charge on any atom is 0.325 e. The molecule has 0 aliphatic carbocycles. The van der Waals surface area contributed by atoms with Crippen LogP contribution in [0.5, 0.6) is 11.5 Å². The highest BCUT2D eigenvalue weighted by atomic mass is 32.2. The van der Waals surface area contributed by atoms with Crippen molar-refractivity contribution in [1.29, 1.82) is 0 Å². The third kappa shape index (κ3) is 4.21. The number of carbonyl (C=O) groups is 1. The van der Waals surface area contributed by atoms with Gasteiger partial charge in [0.25, 0.3) is 0 Å². The fraction of sp³-hybridized carbons (Fsp3) is 0.278. The maximum absolute atomic E-state index is 11.7. The van der Waals surface area contributed by atoms with E-state index in [1.54, 1.807) is 37.1 Å². The number of methoxy groups -OCH3 is 2. The van der Waals surface area contributed by atoms with E-state index in [0.29, 0.717) is 17.9 Å². The summed E-state index contributed by atoms with van der Waals surface area (Å²) in [6, 6.07) is 12.1. The summed E-state index contributed by atoms with van der Waals surface area (Å²) < 4.78 is 10.6. The first kappa shape index (κ1) is 18.2. The highest BCUT2D eigenvalue weighted by molar-refractivity contribution is 7.98. The van der Waals surface area contributed by atoms with Gasteiger partial charge in [0.15, 0.2) is 0 Å². The van der Waals surface area contributed by atoms with Crippen molar-refractivity contribution >= 4 is 17.7 Å². The molecule has 0 aromatic heterocycles. The molecule has 0 saturated heterocycles. The van der Waals surface area contributed by atoms with E-state index in [1.165, 1.54) is 7.11 Å². The number of thioether (sulfide) groups is 1. The van der Waals surface area contributed by atoms with Crippen molar-refractivity contribution in [1.82, 2.24) is 5.32 Å². The van der Waals surface area contributed by atoms with Crippen molar-refractivity contribution in [2.24, 2.45) is 0 Å². The summed E-state index contributed by atoms with van der Waals surface area (Å²) >= 11 is 1.60. The molecule has 0 radical (unpaired) electrons. The number of rotatable bonds is 8. The number of carboxylic acid groups (broad SMARTS) is 1. The SMILES string of the molecule is COc1cc(CNC(C(=O)O)c2ccccc2OC)ccc1SC. The largest absolute Gasteiger partial charge is 0.496 e. The van der Waals surface area contributed by atoms with Crippen molar-refractivity contribution in [3.05, 3.63) is 53.6 Å². The topological polar surface area (TPSA) is 67.8 Å². The van der Waals surface area contributed by atoms with E-state index in [9.17, 15) is 9.90 Å². The smallest absolute Gasteiger partial charge is 0.325 e. The summed E-state index contributed by atoms with van der Waals surface area (Å²) in [7, 11) is 3.16. The van der Waals surface area contributed by atoms with Crippen molar-refractivity contribution < 1.29 is 19.4 Å². The normalized spacial score (nSPS) is 11.8. The minimum atomic E-state index is -0.952. The Bertz CT molecular complexity index is 705. The van der Waals surface area contributed by atoms with Gasteiger partial charge in [-0.1, -0.05) is 24.3 Å². The quantitative estimate of drug-likeness (QED) is 0.714. The second kappa shape index (κ2) is 8.61. The van der Waals surface area contributed by atoms with Crippen molar-refractivity contribution in [2.75, 3.05) is 20.5 Å². The molecule has 2 N–H and O–H groups in total. The summed E-state index contributed by atoms with van der Waals surface area (Å²) in [5.74, 6) is 0.380. The van der Waals surface area contributed by atoms with Crippen LogP contribution < -0.4 is 14.8 Å². The van der Waals surface area contributed by atoms with Crippen molar-refractivity contribution in [3.63, 3.8) is 0 Å². The fourth-order valence-corrected chi connectivity index (χ4v) is 2.99. The van der Waals surface area contributed by atoms with E-state index in [4.69, 9.17) is 9.47 Å². The first-order chi connectivity index (χ1) is 11.6. The zero-order valence-corrected chi connectivity index (χ0v) is 14.7. The van der Waals surface area contributed by atoms with Gasteiger partial charge in [0.2, 0.25) is 0 Å². The first-order valence-electron chi connectivity index (χ1n) is 7.40. The predicted octanol–water partition coefficient (Wildman–Crippen LogP) is 3.34. The molecule has 6 heteroatoms. The molecule has 24 heavy (non-hydrogen) atoms. The van der Waals surface area contributed by atoms with E-state index in [1.807, 2.05) is 30.5 Å². The number of hydrogen-bond donors (Lipinski definition) is 2. The minimum Gasteiger partial charge on any atom is -0.496 e. The molecule has 2 aromatic carbocycles. The van der Waals surface area contributed by atoms with Crippen LogP contribution in [-0.2, 0) is 11.3 Å². The van der Waals surface area contributed by atoms with Crippen LogP contribution in [0.1, 0.15) is 17.2 Å². The Hall–Kier alpha value is -2.18. The predicted molar refractivity (Wildman–Crippen MR) is 95.0 cm³/mol. The molecule has 1 atom stereocenters. The van der Waals surface area contributed by atoms with Gasteiger partial charge in [0, 0.05) is 17.0 Å². The number of para-hydroxylation sites is 1. The molecular formula is C18H21NO4S. The number of nitrogens with one attached hydrogen (secondary N) is 1. The lowest BCUT2D eigenvalue weighted by Crippen LogP contribution is -2.28. The molecule has 2 rings (SSSR count). The Kier molecular flexibility index (Phi) is 6.52. The van der Waals surface area contributed by atoms with E-state index in [0.717, 1.165) is 16.2 Å². The molecule has 0 fully saturated rings. The second-order valence-electron chi connectivity index (χ2n) is 5.08. The Morgan fingerprint density at radius 1 is 1.17 bits per heavy atom. The Balaban J connectivity index is 2.19. The molecule has 1 unspecified atom stereocenters. The number of aliphatic carboxylic acids is 1. The van der Waals surface area contributed by atoms with E-state index in [-0.39, 0.29) is 0 Å². The molecule has 0 aliphatic rings. The molecule has 0 spiro atoms. The Morgan fingerprint density at radius 3 is 2.50 bits per heavy atom. The van der Waals surface area contributed by atoms with Crippen LogP contribution in [0.15, 0.2) is 47.4 Å². The van der Waals surface area contributed by atoms with Crippen LogP contribution in [0.2, 0.25) is 0 Å². The van der Waals surface area contributed by atoms with Gasteiger partial charge < -0.3 is 14.6 Å². The molecular weight excluding hydrogens is 326 g/mol. The molecule has 0 aliphatic heterocycles. The number of ether oxygens (including phenoxy) is 2. The monoisotopic (exact) mass is 347 g/mol. The van der Waals surface area contributed by atoms with Crippen molar-refractivity contribution in [2.45, 2.75) is 17.5 Å². The third-order valence-electron chi connectivity index (χ3n) is 3.66. The van der Waals surface area contributed by atoms with Crippen molar-refractivity contribution in [3.8, 4) is 11.5 Å². The Morgan fingerprint density at radius 2 is 1.88 bits per heavy atom. The lowest BCUT2D eigenvalue weighted by Gasteiger charge is -2.18. The van der Waals surface area contributed by atoms with Crippen LogP contribution in [-0.4, -0.2) is 31.6 Å². The minimum absolute atomic E-state index is 0.403. The summed E-state index contributed by atoms with van der Waals surface area (Å²) in [6.45, 7) is 0.403. The van der Waals surface area contributed by atoms with Crippen LogP contribution in [0, 0.1) is 0 Å². The van der Waals surface area contributed by atoms with Gasteiger partial charge in [-0.2, -0.15) is 0 Å². The van der Waals surface area contributed by atoms with Crippen LogP contribution in [0.3, 0.4) is 0 Å². The van der Waals surface area contributed by atoms with Gasteiger partial charge in [-0.15, -0.1) is 11.8 Å². The first-order valence-corrected chi connectivity index (χ1v) is 8.63. The number of hydrogen-bond acceptors (Lipinski definition) is 5. The second-order valence-corrected chi connectivity index (χ2v) is 5.93. The molecule has 0 saturated carbocycles. The van der Waals surface area contributed by atoms with Gasteiger partial charge in [-0.3, -0.25) is 10.1 Å². The molecule has 0 bridgehead atoms. The number of benzene rings is 2. The summed E-state index contributed by atoms with van der Waals surface area (Å²) in [5.41, 5.74) is 1.55. The Labute approximate surface area is 146 Å². The van der Waals surface area contributed by atoms with E-state index >= 15 is 0 Å². The van der Waals surface area contributed by atoms with Gasteiger partial charge in [-0.25, -0.2) is 0 Å². The van der Waals surface area contributed by atoms with Gasteiger partial charge in [-0.05, 0) is 30.0 Å². The van der Waals surface area contributed by atoms with E-state index in [2.05, 4.69) is 5.32 Å². The van der Waals surface area contributed by atoms with Gasteiger partial charge in [0.1, 0.15) is 17.5 Å². The van der Waals surface area contributed by atoms with Crippen LogP contribution >= 0.6 is 11.8 Å². The summed E-state index contributed by atoms with van der Waals surface area (Å²) in [6.07, 6.45) is 1.98. The molecule has 128 valence electrons. The van der Waals surface area contributed by atoms with Gasteiger partial charge >= 0.3 is 5.97 Å². The lowest BCUT2D eigenvalue weighted by atomic mass is 10.1. The molecule has 0 amide bonds. The molecule has 5 nitrogen and oxygen atoms in total. The highest BCUT2D eigenvalue weighted by Gasteiger charge is 2.22. The third-order valence-corrected chi connectivity index (χ3v) is 4.43. The van der Waals surface area contributed by atoms with Gasteiger partial charge in [0.05, 0.1) is 14.2 Å². The summed E-state index contributed by atoms with van der Waals surface area (Å²) in [5, 5.41) is 12.6. The number of carboxylic acids is 1. The molecule has 2 aromatic rings. The van der Waals surface area contributed by atoms with Crippen LogP contribution in [0.25, 0.3) is 0 Å². The molecule has 0 heterocycles. The average molecular weight is 347 g/mol. The fourth-order valence-electron chi connectivity index (χ4n) is 2.45. The highest BCUT2D eigenvalue weighted by Crippen LogP contribution is 2.29. The van der Waals surface area contributed by atoms with Crippen LogP contribution in [0.4, 0.5) is 0 Å². The maximum atomic E-state index is 11.7. The summed E-state index contributed by atoms with van der Waals surface area (Å²) in [4.78, 5) is 12.7. The standard InChI is InChI=1S/C18H21NO4S/c1-22-14-7-5-4-6-13(14)17(18(20)21)19-11-12-8-9-16(24-3)15(10-12)23-2/h4-10,17,19H,11H2,1-3H3,(H,20,21). The zero-order valence-electron chi connectivity index (χ0n) is 13.9.